The monoisotopic (exact) mass is 363 g/mol. The van der Waals surface area contributed by atoms with Gasteiger partial charge in [-0.15, -0.1) is 0 Å². The molecule has 0 unspecified atom stereocenters. The minimum atomic E-state index is -0.987. The van der Waals surface area contributed by atoms with Crippen LogP contribution in [0.3, 0.4) is 0 Å². The maximum atomic E-state index is 11.0. The number of hydrogen-bond acceptors (Lipinski definition) is 4. The quantitative estimate of drug-likeness (QED) is 0.622. The molecule has 0 amide bonds. The zero-order valence-corrected chi connectivity index (χ0v) is 15.5. The molecule has 0 aliphatic rings. The summed E-state index contributed by atoms with van der Waals surface area (Å²) in [5.41, 5.74) is 4.01. The topological polar surface area (TPSA) is 72.6 Å². The number of benzene rings is 2. The van der Waals surface area contributed by atoms with Gasteiger partial charge in [0.05, 0.1) is 0 Å². The summed E-state index contributed by atoms with van der Waals surface area (Å²) in [6.07, 6.45) is 1.17. The van der Waals surface area contributed by atoms with Crippen molar-refractivity contribution < 1.29 is 19.1 Å². The molecule has 0 atom stereocenters. The van der Waals surface area contributed by atoms with E-state index in [-0.39, 0.29) is 6.61 Å². The Hall–Kier alpha value is -3.34. The van der Waals surface area contributed by atoms with Gasteiger partial charge >= 0.3 is 5.97 Å². The highest BCUT2D eigenvalue weighted by Gasteiger charge is 2.14. The van der Waals surface area contributed by atoms with E-state index in [2.05, 4.69) is 4.98 Å². The average molecular weight is 363 g/mol. The molecule has 2 aromatic carbocycles. The number of aromatic nitrogens is 1. The molecule has 1 aromatic heterocycles. The number of allylic oxidation sites excluding steroid dienone is 1. The Morgan fingerprint density at radius 1 is 1.19 bits per heavy atom. The lowest BCUT2D eigenvalue weighted by Crippen LogP contribution is -2.01. The van der Waals surface area contributed by atoms with E-state index in [1.807, 2.05) is 62.4 Å². The van der Waals surface area contributed by atoms with Crippen LogP contribution in [0.1, 0.15) is 29.5 Å². The van der Waals surface area contributed by atoms with Gasteiger partial charge in [0.25, 0.3) is 0 Å². The fourth-order valence-electron chi connectivity index (χ4n) is 2.75. The molecule has 0 aliphatic carbocycles. The lowest BCUT2D eigenvalue weighted by Gasteiger charge is -2.12. The maximum Gasteiger partial charge on any atom is 0.328 e. The van der Waals surface area contributed by atoms with Gasteiger partial charge < -0.3 is 14.3 Å². The van der Waals surface area contributed by atoms with Gasteiger partial charge in [0.1, 0.15) is 23.8 Å². The SMILES string of the molecule is C/C(=C\C(=O)O)c1ccc(C)cc1OCc1nc(-c2ccccc2)oc1C. The van der Waals surface area contributed by atoms with Gasteiger partial charge in [0, 0.05) is 17.2 Å². The summed E-state index contributed by atoms with van der Waals surface area (Å²) in [6.45, 7) is 5.80. The summed E-state index contributed by atoms with van der Waals surface area (Å²) in [5, 5.41) is 9.01. The van der Waals surface area contributed by atoms with Crippen LogP contribution in [0, 0.1) is 13.8 Å². The molecule has 27 heavy (non-hydrogen) atoms. The Morgan fingerprint density at radius 3 is 2.63 bits per heavy atom. The minimum absolute atomic E-state index is 0.235. The summed E-state index contributed by atoms with van der Waals surface area (Å²) in [7, 11) is 0. The second kappa shape index (κ2) is 7.91. The van der Waals surface area contributed by atoms with Crippen LogP contribution in [0.5, 0.6) is 5.75 Å². The van der Waals surface area contributed by atoms with Gasteiger partial charge in [-0.2, -0.15) is 0 Å². The van der Waals surface area contributed by atoms with Gasteiger partial charge in [0.15, 0.2) is 0 Å². The highest BCUT2D eigenvalue weighted by atomic mass is 16.5. The van der Waals surface area contributed by atoms with Crippen molar-refractivity contribution in [3.05, 3.63) is 77.2 Å². The molecule has 138 valence electrons. The largest absolute Gasteiger partial charge is 0.487 e. The van der Waals surface area contributed by atoms with Crippen molar-refractivity contribution in [2.45, 2.75) is 27.4 Å². The van der Waals surface area contributed by atoms with Crippen LogP contribution < -0.4 is 4.74 Å². The Labute approximate surface area is 157 Å². The first-order valence-corrected chi connectivity index (χ1v) is 8.61. The predicted molar refractivity (Wildman–Crippen MR) is 103 cm³/mol. The normalized spacial score (nSPS) is 11.4. The first kappa shape index (κ1) is 18.5. The number of carboxylic acids is 1. The van der Waals surface area contributed by atoms with E-state index in [0.29, 0.717) is 28.7 Å². The minimum Gasteiger partial charge on any atom is -0.487 e. The molecule has 0 fully saturated rings. The fourth-order valence-corrected chi connectivity index (χ4v) is 2.75. The molecule has 0 radical (unpaired) electrons. The standard InChI is InChI=1S/C22H21NO4/c1-14-9-10-18(15(2)12-21(24)25)20(11-14)26-13-19-16(3)27-22(23-19)17-7-5-4-6-8-17/h4-12H,13H2,1-3H3,(H,24,25)/b15-12+. The summed E-state index contributed by atoms with van der Waals surface area (Å²) in [4.78, 5) is 15.5. The van der Waals surface area contributed by atoms with Gasteiger partial charge in [-0.25, -0.2) is 9.78 Å². The Bertz CT molecular complexity index is 987. The van der Waals surface area contributed by atoms with Crippen molar-refractivity contribution >= 4 is 11.5 Å². The van der Waals surface area contributed by atoms with Crippen LogP contribution in [0.15, 0.2) is 59.0 Å². The molecule has 0 spiro atoms. The number of carbonyl (C=O) groups is 1. The number of aryl methyl sites for hydroxylation is 2. The first-order valence-electron chi connectivity index (χ1n) is 8.61. The van der Waals surface area contributed by atoms with E-state index >= 15 is 0 Å². The van der Waals surface area contributed by atoms with Crippen LogP contribution in [-0.2, 0) is 11.4 Å². The molecule has 1 heterocycles. The Morgan fingerprint density at radius 2 is 1.93 bits per heavy atom. The van der Waals surface area contributed by atoms with Crippen molar-refractivity contribution in [1.29, 1.82) is 0 Å². The first-order chi connectivity index (χ1) is 12.9. The summed E-state index contributed by atoms with van der Waals surface area (Å²) in [5.74, 6) is 0.881. The van der Waals surface area contributed by atoms with Crippen LogP contribution in [0.25, 0.3) is 17.0 Å². The van der Waals surface area contributed by atoms with Crippen LogP contribution in [-0.4, -0.2) is 16.1 Å². The molecule has 1 N–H and O–H groups in total. The van der Waals surface area contributed by atoms with Crippen molar-refractivity contribution in [3.8, 4) is 17.2 Å². The molecule has 5 nitrogen and oxygen atoms in total. The number of nitrogens with zero attached hydrogens (tertiary/aromatic N) is 1. The van der Waals surface area contributed by atoms with Crippen molar-refractivity contribution in [2.75, 3.05) is 0 Å². The van der Waals surface area contributed by atoms with Gasteiger partial charge in [-0.05, 0) is 50.1 Å². The van der Waals surface area contributed by atoms with E-state index in [0.717, 1.165) is 16.7 Å². The zero-order chi connectivity index (χ0) is 19.4. The highest BCUT2D eigenvalue weighted by molar-refractivity contribution is 5.90. The average Bonchev–Trinajstić information content (AvgIpc) is 3.01. The molecule has 3 aromatic rings. The number of ether oxygens (including phenoxy) is 1. The Kier molecular flexibility index (Phi) is 5.41. The molecule has 5 heteroatoms. The fraction of sp³-hybridized carbons (Fsp3) is 0.182. The smallest absolute Gasteiger partial charge is 0.328 e. The van der Waals surface area contributed by atoms with Crippen molar-refractivity contribution in [1.82, 2.24) is 4.98 Å². The lowest BCUT2D eigenvalue weighted by atomic mass is 10.0. The third-order valence-corrected chi connectivity index (χ3v) is 4.18. The Balaban J connectivity index is 1.84. The number of rotatable bonds is 6. The second-order valence-electron chi connectivity index (χ2n) is 6.34. The van der Waals surface area contributed by atoms with Crippen molar-refractivity contribution in [2.24, 2.45) is 0 Å². The lowest BCUT2D eigenvalue weighted by molar-refractivity contribution is -0.131. The third kappa shape index (κ3) is 4.44. The zero-order valence-electron chi connectivity index (χ0n) is 15.5. The summed E-state index contributed by atoms with van der Waals surface area (Å²) < 4.78 is 11.7. The molecular formula is C22H21NO4. The van der Waals surface area contributed by atoms with Crippen molar-refractivity contribution in [3.63, 3.8) is 0 Å². The molecular weight excluding hydrogens is 342 g/mol. The third-order valence-electron chi connectivity index (χ3n) is 4.18. The molecule has 0 aliphatic heterocycles. The number of carboxylic acid groups (broad SMARTS) is 1. The molecule has 0 saturated heterocycles. The highest BCUT2D eigenvalue weighted by Crippen LogP contribution is 2.29. The number of oxazole rings is 1. The molecule has 0 bridgehead atoms. The number of hydrogen-bond donors (Lipinski definition) is 1. The maximum absolute atomic E-state index is 11.0. The van der Waals surface area contributed by atoms with Crippen LogP contribution in [0.4, 0.5) is 0 Å². The van der Waals surface area contributed by atoms with Gasteiger partial charge in [-0.3, -0.25) is 0 Å². The number of aliphatic carboxylic acids is 1. The van der Waals surface area contributed by atoms with E-state index in [1.54, 1.807) is 6.92 Å². The van der Waals surface area contributed by atoms with Crippen LogP contribution >= 0.6 is 0 Å². The predicted octanol–water partition coefficient (Wildman–Crippen LogP) is 5.03. The van der Waals surface area contributed by atoms with E-state index < -0.39 is 5.97 Å². The van der Waals surface area contributed by atoms with E-state index in [4.69, 9.17) is 14.3 Å². The molecule has 0 saturated carbocycles. The summed E-state index contributed by atoms with van der Waals surface area (Å²) in [6, 6.07) is 15.4. The van der Waals surface area contributed by atoms with E-state index in [9.17, 15) is 4.79 Å². The van der Waals surface area contributed by atoms with Gasteiger partial charge in [-0.1, -0.05) is 30.3 Å². The molecule has 3 rings (SSSR count). The summed E-state index contributed by atoms with van der Waals surface area (Å²) >= 11 is 0. The second-order valence-corrected chi connectivity index (χ2v) is 6.34. The van der Waals surface area contributed by atoms with Crippen LogP contribution in [0.2, 0.25) is 0 Å². The van der Waals surface area contributed by atoms with E-state index in [1.165, 1.54) is 6.08 Å². The van der Waals surface area contributed by atoms with Gasteiger partial charge in [0.2, 0.25) is 5.89 Å².